The van der Waals surface area contributed by atoms with Crippen LogP contribution >= 0.6 is 0 Å². The van der Waals surface area contributed by atoms with Crippen molar-refractivity contribution < 1.29 is 8.42 Å². The highest BCUT2D eigenvalue weighted by molar-refractivity contribution is 7.91. The molecule has 0 bridgehead atoms. The highest BCUT2D eigenvalue weighted by Gasteiger charge is 2.10. The van der Waals surface area contributed by atoms with Crippen LogP contribution < -0.4 is 5.32 Å². The molecule has 0 amide bonds. The van der Waals surface area contributed by atoms with Gasteiger partial charge < -0.3 is 5.32 Å². The maximum Gasteiger partial charge on any atom is 0.150 e. The Morgan fingerprint density at radius 3 is 2.20 bits per heavy atom. The molecule has 0 saturated heterocycles. The molecule has 4 heteroatoms. The maximum atomic E-state index is 11.3. The maximum absolute atomic E-state index is 11.3. The van der Waals surface area contributed by atoms with E-state index >= 15 is 0 Å². The van der Waals surface area contributed by atoms with Crippen LogP contribution in [0.1, 0.15) is 46.0 Å². The molecule has 0 aromatic rings. The van der Waals surface area contributed by atoms with Crippen LogP contribution in [-0.2, 0) is 9.84 Å². The second-order valence-electron chi connectivity index (χ2n) is 4.01. The molecule has 0 aliphatic carbocycles. The molecule has 0 heterocycles. The van der Waals surface area contributed by atoms with Crippen molar-refractivity contribution in [3.8, 4) is 0 Å². The van der Waals surface area contributed by atoms with Gasteiger partial charge in [-0.3, -0.25) is 0 Å². The molecule has 1 atom stereocenters. The fraction of sp³-hybridized carbons (Fsp3) is 1.00. The first-order valence-corrected chi connectivity index (χ1v) is 7.75. The molecule has 0 aliphatic rings. The van der Waals surface area contributed by atoms with E-state index < -0.39 is 9.84 Å². The lowest BCUT2D eigenvalue weighted by atomic mass is 10.1. The number of nitrogens with one attached hydrogen (secondary N) is 1. The van der Waals surface area contributed by atoms with Crippen molar-refractivity contribution in [3.05, 3.63) is 0 Å². The molecule has 0 aliphatic heterocycles. The van der Waals surface area contributed by atoms with Gasteiger partial charge in [0.2, 0.25) is 0 Å². The fourth-order valence-electron chi connectivity index (χ4n) is 1.58. The van der Waals surface area contributed by atoms with Crippen LogP contribution in [0.5, 0.6) is 0 Å². The average Bonchev–Trinajstić information content (AvgIpc) is 2.23. The van der Waals surface area contributed by atoms with Crippen molar-refractivity contribution in [1.82, 2.24) is 5.32 Å². The third-order valence-electron chi connectivity index (χ3n) is 2.76. The summed E-state index contributed by atoms with van der Waals surface area (Å²) in [4.78, 5) is 0. The molecule has 1 N–H and O–H groups in total. The van der Waals surface area contributed by atoms with Gasteiger partial charge in [-0.15, -0.1) is 0 Å². The summed E-state index contributed by atoms with van der Waals surface area (Å²) in [5.74, 6) is 0.611. The zero-order valence-corrected chi connectivity index (χ0v) is 11.1. The third kappa shape index (κ3) is 7.79. The van der Waals surface area contributed by atoms with Crippen LogP contribution in [0.4, 0.5) is 0 Å². The van der Waals surface area contributed by atoms with Crippen LogP contribution in [0.25, 0.3) is 0 Å². The fourth-order valence-corrected chi connectivity index (χ4v) is 2.47. The second kappa shape index (κ2) is 8.11. The Hall–Kier alpha value is -0.0900. The van der Waals surface area contributed by atoms with Crippen LogP contribution in [-0.4, -0.2) is 33.0 Å². The Morgan fingerprint density at radius 2 is 1.73 bits per heavy atom. The summed E-state index contributed by atoms with van der Waals surface area (Å²) >= 11 is 0. The number of rotatable bonds is 9. The van der Waals surface area contributed by atoms with E-state index in [0.717, 1.165) is 19.3 Å². The Kier molecular flexibility index (Phi) is 8.06. The monoisotopic (exact) mass is 235 g/mol. The van der Waals surface area contributed by atoms with Crippen molar-refractivity contribution in [2.24, 2.45) is 0 Å². The lowest BCUT2D eigenvalue weighted by molar-refractivity contribution is 0.466. The molecule has 0 aromatic heterocycles. The molecule has 0 saturated carbocycles. The summed E-state index contributed by atoms with van der Waals surface area (Å²) in [6.45, 7) is 3.89. The molecule has 1 unspecified atom stereocenters. The van der Waals surface area contributed by atoms with Gasteiger partial charge >= 0.3 is 0 Å². The summed E-state index contributed by atoms with van der Waals surface area (Å²) in [6, 6.07) is 0.483. The van der Waals surface area contributed by atoms with Gasteiger partial charge in [-0.25, -0.2) is 8.42 Å². The SMILES string of the molecule is CCCCC(CCCS(=O)(=O)CC)NC. The van der Waals surface area contributed by atoms with Crippen LogP contribution in [0.3, 0.4) is 0 Å². The molecular formula is C11H25NO2S. The Morgan fingerprint density at radius 1 is 1.13 bits per heavy atom. The largest absolute Gasteiger partial charge is 0.317 e. The quantitative estimate of drug-likeness (QED) is 0.664. The lowest BCUT2D eigenvalue weighted by Gasteiger charge is -2.15. The minimum Gasteiger partial charge on any atom is -0.317 e. The molecule has 0 spiro atoms. The van der Waals surface area contributed by atoms with Gasteiger partial charge in [0.15, 0.2) is 0 Å². The van der Waals surface area contributed by atoms with E-state index in [-0.39, 0.29) is 5.75 Å². The molecule has 0 rings (SSSR count). The molecule has 15 heavy (non-hydrogen) atoms. The Bertz CT molecular complexity index is 237. The van der Waals surface area contributed by atoms with E-state index in [9.17, 15) is 8.42 Å². The minimum absolute atomic E-state index is 0.270. The zero-order valence-electron chi connectivity index (χ0n) is 10.3. The predicted octanol–water partition coefficient (Wildman–Crippen LogP) is 1.98. The van der Waals surface area contributed by atoms with Gasteiger partial charge in [0.05, 0.1) is 5.75 Å². The molecule has 92 valence electrons. The third-order valence-corrected chi connectivity index (χ3v) is 4.55. The van der Waals surface area contributed by atoms with Crippen molar-refractivity contribution in [2.75, 3.05) is 18.6 Å². The summed E-state index contributed by atoms with van der Waals surface area (Å²) in [5, 5.41) is 3.25. The number of hydrogen-bond donors (Lipinski definition) is 1. The van der Waals surface area contributed by atoms with Crippen molar-refractivity contribution >= 4 is 9.84 Å². The van der Waals surface area contributed by atoms with E-state index in [2.05, 4.69) is 12.2 Å². The topological polar surface area (TPSA) is 46.2 Å². The van der Waals surface area contributed by atoms with E-state index in [1.54, 1.807) is 6.92 Å². The average molecular weight is 235 g/mol. The summed E-state index contributed by atoms with van der Waals surface area (Å²) < 4.78 is 22.5. The van der Waals surface area contributed by atoms with Crippen molar-refractivity contribution in [3.63, 3.8) is 0 Å². The highest BCUT2D eigenvalue weighted by atomic mass is 32.2. The second-order valence-corrected chi connectivity index (χ2v) is 6.48. The normalized spacial score (nSPS) is 14.1. The van der Waals surface area contributed by atoms with Gasteiger partial charge in [0.25, 0.3) is 0 Å². The van der Waals surface area contributed by atoms with Gasteiger partial charge in [-0.1, -0.05) is 26.7 Å². The highest BCUT2D eigenvalue weighted by Crippen LogP contribution is 2.07. The summed E-state index contributed by atoms with van der Waals surface area (Å²) in [5.41, 5.74) is 0. The molecule has 3 nitrogen and oxygen atoms in total. The predicted molar refractivity (Wildman–Crippen MR) is 65.9 cm³/mol. The minimum atomic E-state index is -2.77. The van der Waals surface area contributed by atoms with Crippen LogP contribution in [0, 0.1) is 0 Å². The zero-order chi connectivity index (χ0) is 11.7. The summed E-state index contributed by atoms with van der Waals surface area (Å²) in [6.07, 6.45) is 5.32. The van der Waals surface area contributed by atoms with E-state index in [0.29, 0.717) is 11.8 Å². The molecule has 0 aromatic carbocycles. The molecular weight excluding hydrogens is 210 g/mol. The Balaban J connectivity index is 3.72. The van der Waals surface area contributed by atoms with Crippen LogP contribution in [0.2, 0.25) is 0 Å². The number of hydrogen-bond acceptors (Lipinski definition) is 3. The van der Waals surface area contributed by atoms with Crippen molar-refractivity contribution in [2.45, 2.75) is 52.0 Å². The van der Waals surface area contributed by atoms with Gasteiger partial charge in [-0.05, 0) is 26.3 Å². The number of sulfone groups is 1. The lowest BCUT2D eigenvalue weighted by Crippen LogP contribution is -2.25. The first-order valence-electron chi connectivity index (χ1n) is 5.93. The first kappa shape index (κ1) is 14.9. The van der Waals surface area contributed by atoms with Crippen molar-refractivity contribution in [1.29, 1.82) is 0 Å². The molecule has 0 radical (unpaired) electrons. The Labute approximate surface area is 94.6 Å². The number of unbranched alkanes of at least 4 members (excludes halogenated alkanes) is 1. The smallest absolute Gasteiger partial charge is 0.150 e. The first-order chi connectivity index (χ1) is 7.05. The van der Waals surface area contributed by atoms with Gasteiger partial charge in [0.1, 0.15) is 9.84 Å². The molecule has 0 fully saturated rings. The van der Waals surface area contributed by atoms with Crippen LogP contribution in [0.15, 0.2) is 0 Å². The van der Waals surface area contributed by atoms with E-state index in [4.69, 9.17) is 0 Å². The van der Waals surface area contributed by atoms with E-state index in [1.807, 2.05) is 7.05 Å². The van der Waals surface area contributed by atoms with Gasteiger partial charge in [0, 0.05) is 11.8 Å². The standard InChI is InChI=1S/C11H25NO2S/c1-4-6-8-11(12-3)9-7-10-15(13,14)5-2/h11-12H,4-10H2,1-3H3. The summed E-state index contributed by atoms with van der Waals surface area (Å²) in [7, 11) is -0.819. The van der Waals surface area contributed by atoms with E-state index in [1.165, 1.54) is 12.8 Å². The van der Waals surface area contributed by atoms with Gasteiger partial charge in [-0.2, -0.15) is 0 Å².